The Hall–Kier alpha value is -2.06. The summed E-state index contributed by atoms with van der Waals surface area (Å²) in [7, 11) is 1.64. The third-order valence-corrected chi connectivity index (χ3v) is 5.98. The van der Waals surface area contributed by atoms with E-state index in [1.54, 1.807) is 24.2 Å². The molecule has 3 rings (SSSR count). The summed E-state index contributed by atoms with van der Waals surface area (Å²) in [6.07, 6.45) is 2.59. The second-order valence-electron chi connectivity index (χ2n) is 8.00. The molecule has 9 heteroatoms. The van der Waals surface area contributed by atoms with Gasteiger partial charge in [0.15, 0.2) is 0 Å². The molecule has 0 aliphatic carbocycles. The molecule has 28 heavy (non-hydrogen) atoms. The van der Waals surface area contributed by atoms with Gasteiger partial charge in [0.05, 0.1) is 26.0 Å². The largest absolute Gasteiger partial charge is 0.444 e. The average molecular weight is 426 g/mol. The normalized spacial score (nSPS) is 17.6. The van der Waals surface area contributed by atoms with Crippen LogP contribution in [-0.2, 0) is 16.6 Å². The minimum absolute atomic E-state index is 0.162. The van der Waals surface area contributed by atoms with Crippen LogP contribution in [-0.4, -0.2) is 40.2 Å². The van der Waals surface area contributed by atoms with Crippen LogP contribution < -0.4 is 10.9 Å². The Morgan fingerprint density at radius 3 is 2.75 bits per heavy atom. The van der Waals surface area contributed by atoms with Gasteiger partial charge in [-0.3, -0.25) is 9.59 Å². The Labute approximate surface area is 172 Å². The molecule has 1 aliphatic rings. The minimum atomic E-state index is -0.575. The number of aromatic nitrogens is 1. The standard InChI is InChI=1S/C19H24ClN3O4S/c1-19(2,3)27-18(26)23-7-5-6-11(9-23)16(24)21-14-8-12-15(28-14)13(20)10-22(4)17(12)25/h8,10-11H,5-7,9H2,1-4H3,(H,21,24). The van der Waals surface area contributed by atoms with Crippen molar-refractivity contribution >= 4 is 50.0 Å². The van der Waals surface area contributed by atoms with E-state index in [0.29, 0.717) is 39.6 Å². The molecule has 1 atom stereocenters. The van der Waals surface area contributed by atoms with Crippen LogP contribution in [0.5, 0.6) is 0 Å². The highest BCUT2D eigenvalue weighted by atomic mass is 35.5. The van der Waals surface area contributed by atoms with E-state index in [4.69, 9.17) is 16.3 Å². The molecule has 1 N–H and O–H groups in total. The Balaban J connectivity index is 1.72. The molecule has 1 saturated heterocycles. The molecule has 3 heterocycles. The van der Waals surface area contributed by atoms with E-state index in [9.17, 15) is 14.4 Å². The number of piperidine rings is 1. The summed E-state index contributed by atoms with van der Waals surface area (Å²) in [5.74, 6) is -0.502. The Bertz CT molecular complexity index is 976. The van der Waals surface area contributed by atoms with Crippen molar-refractivity contribution in [2.75, 3.05) is 18.4 Å². The van der Waals surface area contributed by atoms with Crippen LogP contribution in [0.15, 0.2) is 17.1 Å². The minimum Gasteiger partial charge on any atom is -0.444 e. The molecule has 0 bridgehead atoms. The van der Waals surface area contributed by atoms with Crippen LogP contribution in [0.1, 0.15) is 33.6 Å². The summed E-state index contributed by atoms with van der Waals surface area (Å²) in [4.78, 5) is 38.9. The van der Waals surface area contributed by atoms with Gasteiger partial charge in [-0.25, -0.2) is 4.79 Å². The van der Waals surface area contributed by atoms with Gasteiger partial charge in [0.2, 0.25) is 5.91 Å². The molecule has 2 aromatic rings. The number of thiophene rings is 1. The van der Waals surface area contributed by atoms with Crippen molar-refractivity contribution in [3.8, 4) is 0 Å². The quantitative estimate of drug-likeness (QED) is 0.792. The highest BCUT2D eigenvalue weighted by Gasteiger charge is 2.31. The third-order valence-electron chi connectivity index (χ3n) is 4.50. The van der Waals surface area contributed by atoms with E-state index in [0.717, 1.165) is 6.42 Å². The summed E-state index contributed by atoms with van der Waals surface area (Å²) >= 11 is 7.49. The molecule has 7 nitrogen and oxygen atoms in total. The van der Waals surface area contributed by atoms with E-state index in [1.807, 2.05) is 20.8 Å². The molecule has 0 aromatic carbocycles. The number of hydrogen-bond acceptors (Lipinski definition) is 5. The lowest BCUT2D eigenvalue weighted by Gasteiger charge is -2.33. The van der Waals surface area contributed by atoms with Crippen molar-refractivity contribution < 1.29 is 14.3 Å². The monoisotopic (exact) mass is 425 g/mol. The predicted octanol–water partition coefficient (Wildman–Crippen LogP) is 3.84. The number of aryl methyl sites for hydroxylation is 1. The second kappa shape index (κ2) is 7.75. The molecular formula is C19H24ClN3O4S. The van der Waals surface area contributed by atoms with Gasteiger partial charge >= 0.3 is 6.09 Å². The van der Waals surface area contributed by atoms with Crippen LogP contribution in [0.25, 0.3) is 10.1 Å². The zero-order valence-corrected chi connectivity index (χ0v) is 17.9. The molecule has 0 spiro atoms. The smallest absolute Gasteiger partial charge is 0.410 e. The topological polar surface area (TPSA) is 80.6 Å². The highest BCUT2D eigenvalue weighted by Crippen LogP contribution is 2.33. The van der Waals surface area contributed by atoms with Gasteiger partial charge in [-0.2, -0.15) is 0 Å². The maximum absolute atomic E-state index is 12.7. The maximum Gasteiger partial charge on any atom is 0.410 e. The number of amides is 2. The Morgan fingerprint density at radius 2 is 2.07 bits per heavy atom. The third kappa shape index (κ3) is 4.50. The summed E-state index contributed by atoms with van der Waals surface area (Å²) in [5.41, 5.74) is -0.737. The average Bonchev–Trinajstić information content (AvgIpc) is 3.03. The summed E-state index contributed by atoms with van der Waals surface area (Å²) in [5, 5.41) is 4.40. The van der Waals surface area contributed by atoms with Gasteiger partial charge in [0.25, 0.3) is 5.56 Å². The van der Waals surface area contributed by atoms with Crippen molar-refractivity contribution in [2.24, 2.45) is 13.0 Å². The zero-order valence-electron chi connectivity index (χ0n) is 16.4. The van der Waals surface area contributed by atoms with E-state index < -0.39 is 11.7 Å². The molecule has 2 aromatic heterocycles. The van der Waals surface area contributed by atoms with Crippen molar-refractivity contribution in [2.45, 2.75) is 39.2 Å². The predicted molar refractivity (Wildman–Crippen MR) is 111 cm³/mol. The molecule has 1 unspecified atom stereocenters. The fourth-order valence-corrected chi connectivity index (χ4v) is 4.49. The van der Waals surface area contributed by atoms with Crippen molar-refractivity contribution in [1.29, 1.82) is 0 Å². The van der Waals surface area contributed by atoms with Crippen LogP contribution in [0.3, 0.4) is 0 Å². The van der Waals surface area contributed by atoms with Gasteiger partial charge in [0, 0.05) is 26.3 Å². The van der Waals surface area contributed by atoms with E-state index >= 15 is 0 Å². The molecule has 152 valence electrons. The number of pyridine rings is 1. The highest BCUT2D eigenvalue weighted by molar-refractivity contribution is 7.23. The first kappa shape index (κ1) is 20.7. The number of carbonyl (C=O) groups excluding carboxylic acids is 2. The number of rotatable bonds is 2. The molecule has 0 saturated carbocycles. The number of halogens is 1. The summed E-state index contributed by atoms with van der Waals surface area (Å²) < 4.78 is 7.48. The number of likely N-dealkylation sites (tertiary alicyclic amines) is 1. The van der Waals surface area contributed by atoms with Gasteiger partial charge in [0.1, 0.15) is 5.60 Å². The number of carbonyl (C=O) groups is 2. The number of nitrogens with one attached hydrogen (secondary N) is 1. The maximum atomic E-state index is 12.7. The lowest BCUT2D eigenvalue weighted by Crippen LogP contribution is -2.45. The number of nitrogens with zero attached hydrogens (tertiary/aromatic N) is 2. The van der Waals surface area contributed by atoms with Crippen molar-refractivity contribution in [1.82, 2.24) is 9.47 Å². The summed E-state index contributed by atoms with van der Waals surface area (Å²) in [6, 6.07) is 1.65. The Morgan fingerprint density at radius 1 is 1.36 bits per heavy atom. The van der Waals surface area contributed by atoms with Crippen LogP contribution in [0, 0.1) is 5.92 Å². The molecule has 1 aliphatic heterocycles. The molecule has 1 fully saturated rings. The fourth-order valence-electron chi connectivity index (χ4n) is 3.17. The van der Waals surface area contributed by atoms with Crippen LogP contribution >= 0.6 is 22.9 Å². The van der Waals surface area contributed by atoms with Gasteiger partial charge in [-0.05, 0) is 39.7 Å². The lowest BCUT2D eigenvalue weighted by atomic mass is 9.97. The van der Waals surface area contributed by atoms with Crippen LogP contribution in [0.2, 0.25) is 5.02 Å². The number of hydrogen-bond donors (Lipinski definition) is 1. The lowest BCUT2D eigenvalue weighted by molar-refractivity contribution is -0.121. The van der Waals surface area contributed by atoms with E-state index in [1.165, 1.54) is 15.9 Å². The zero-order chi connectivity index (χ0) is 20.6. The first-order valence-electron chi connectivity index (χ1n) is 9.12. The van der Waals surface area contributed by atoms with Gasteiger partial charge in [-0.15, -0.1) is 11.3 Å². The first-order valence-corrected chi connectivity index (χ1v) is 10.3. The summed E-state index contributed by atoms with van der Waals surface area (Å²) in [6.45, 7) is 6.34. The second-order valence-corrected chi connectivity index (χ2v) is 9.46. The SMILES string of the molecule is Cn1cc(Cl)c2sc(NC(=O)C3CCCN(C(=O)OC(C)(C)C)C3)cc2c1=O. The number of anilines is 1. The van der Waals surface area contributed by atoms with Crippen molar-refractivity contribution in [3.05, 3.63) is 27.6 Å². The number of ether oxygens (including phenoxy) is 1. The fraction of sp³-hybridized carbons (Fsp3) is 0.526. The van der Waals surface area contributed by atoms with Crippen LogP contribution in [0.4, 0.5) is 9.80 Å². The van der Waals surface area contributed by atoms with E-state index in [2.05, 4.69) is 5.32 Å². The van der Waals surface area contributed by atoms with Crippen molar-refractivity contribution in [3.63, 3.8) is 0 Å². The first-order chi connectivity index (χ1) is 13.0. The Kier molecular flexibility index (Phi) is 5.72. The molecular weight excluding hydrogens is 402 g/mol. The molecule has 0 radical (unpaired) electrons. The van der Waals surface area contributed by atoms with E-state index in [-0.39, 0.29) is 17.4 Å². The number of fused-ring (bicyclic) bond motifs is 1. The van der Waals surface area contributed by atoms with Gasteiger partial charge < -0.3 is 19.5 Å². The molecule has 2 amide bonds. The van der Waals surface area contributed by atoms with Gasteiger partial charge in [-0.1, -0.05) is 11.6 Å².